The summed E-state index contributed by atoms with van der Waals surface area (Å²) < 4.78 is 0. The summed E-state index contributed by atoms with van der Waals surface area (Å²) in [5.41, 5.74) is 3.25. The van der Waals surface area contributed by atoms with Crippen molar-refractivity contribution in [1.29, 1.82) is 0 Å². The maximum absolute atomic E-state index is 5.91. The number of benzene rings is 2. The maximum atomic E-state index is 5.91. The van der Waals surface area contributed by atoms with Crippen molar-refractivity contribution in [3.8, 4) is 11.3 Å². The van der Waals surface area contributed by atoms with Gasteiger partial charge in [0.25, 0.3) is 0 Å². The molecule has 1 heterocycles. The molecule has 1 nitrogen and oxygen atoms in total. The summed E-state index contributed by atoms with van der Waals surface area (Å²) >= 11 is 9.30. The van der Waals surface area contributed by atoms with Crippen LogP contribution in [0.3, 0.4) is 0 Å². The number of aromatic nitrogens is 1. The van der Waals surface area contributed by atoms with Crippen LogP contribution in [0.2, 0.25) is 5.02 Å². The molecule has 0 bridgehead atoms. The molecule has 1 aromatic heterocycles. The number of halogens is 1. The Kier molecular flexibility index (Phi) is 4.98. The average Bonchev–Trinajstić information content (AvgIpc) is 3.03. The molecule has 0 aliphatic rings. The van der Waals surface area contributed by atoms with Crippen LogP contribution < -0.4 is 0 Å². The molecule has 3 aromatic rings. The molecule has 0 fully saturated rings. The van der Waals surface area contributed by atoms with Gasteiger partial charge in [-0.15, -0.1) is 23.1 Å². The molecule has 0 saturated heterocycles. The van der Waals surface area contributed by atoms with E-state index in [2.05, 4.69) is 53.0 Å². The molecule has 0 amide bonds. The summed E-state index contributed by atoms with van der Waals surface area (Å²) in [4.78, 5) is 5.92. The Bertz CT molecular complexity index is 774. The number of hydrogen-bond donors (Lipinski definition) is 0. The second-order valence-corrected chi connectivity index (χ2v) is 6.89. The van der Waals surface area contributed by atoms with Crippen molar-refractivity contribution < 1.29 is 0 Å². The van der Waals surface area contributed by atoms with Gasteiger partial charge in [0, 0.05) is 20.9 Å². The quantitative estimate of drug-likeness (QED) is 0.511. The molecule has 0 atom stereocenters. The van der Waals surface area contributed by atoms with Gasteiger partial charge in [0.2, 0.25) is 0 Å². The van der Waals surface area contributed by atoms with E-state index in [1.165, 1.54) is 10.5 Å². The van der Waals surface area contributed by atoms with Crippen LogP contribution in [-0.2, 0) is 0 Å². The van der Waals surface area contributed by atoms with Crippen molar-refractivity contribution in [1.82, 2.24) is 4.98 Å². The topological polar surface area (TPSA) is 12.9 Å². The van der Waals surface area contributed by atoms with Crippen molar-refractivity contribution in [3.05, 3.63) is 69.5 Å². The Morgan fingerprint density at radius 1 is 1.00 bits per heavy atom. The van der Waals surface area contributed by atoms with Crippen LogP contribution >= 0.6 is 34.7 Å². The highest BCUT2D eigenvalue weighted by Crippen LogP contribution is 2.24. The molecular formula is C18H14ClNS2. The lowest BCUT2D eigenvalue weighted by atomic mass is 10.2. The van der Waals surface area contributed by atoms with E-state index in [0.29, 0.717) is 0 Å². The molecule has 110 valence electrons. The summed E-state index contributed by atoms with van der Waals surface area (Å²) in [5, 5.41) is 3.81. The van der Waals surface area contributed by atoms with Gasteiger partial charge < -0.3 is 0 Å². The fourth-order valence-electron chi connectivity index (χ4n) is 2.00. The first kappa shape index (κ1) is 15.3. The van der Waals surface area contributed by atoms with Crippen LogP contribution in [0.5, 0.6) is 0 Å². The van der Waals surface area contributed by atoms with E-state index < -0.39 is 0 Å². The van der Waals surface area contributed by atoms with E-state index in [1.807, 2.05) is 24.3 Å². The van der Waals surface area contributed by atoms with Gasteiger partial charge >= 0.3 is 0 Å². The summed E-state index contributed by atoms with van der Waals surface area (Å²) in [6.07, 6.45) is 6.23. The highest BCUT2D eigenvalue weighted by Gasteiger charge is 2.02. The minimum atomic E-state index is 0.743. The summed E-state index contributed by atoms with van der Waals surface area (Å²) in [5.74, 6) is 0. The minimum absolute atomic E-state index is 0.743. The van der Waals surface area contributed by atoms with Crippen molar-refractivity contribution in [2.75, 3.05) is 6.26 Å². The number of thiazole rings is 1. The first-order valence-electron chi connectivity index (χ1n) is 6.78. The fraction of sp³-hybridized carbons (Fsp3) is 0.0556. The molecule has 3 rings (SSSR count). The van der Waals surface area contributed by atoms with Crippen LogP contribution in [0, 0.1) is 0 Å². The Hall–Kier alpha value is -1.55. The third-order valence-corrected chi connectivity index (χ3v) is 5.00. The molecule has 0 spiro atoms. The van der Waals surface area contributed by atoms with E-state index >= 15 is 0 Å². The molecule has 4 heteroatoms. The van der Waals surface area contributed by atoms with E-state index in [9.17, 15) is 0 Å². The fourth-order valence-corrected chi connectivity index (χ4v) is 3.25. The monoisotopic (exact) mass is 343 g/mol. The third-order valence-electron chi connectivity index (χ3n) is 3.20. The number of thioether (sulfide) groups is 1. The SMILES string of the molecule is CSc1ccc(C=Cc2nc(-c3ccc(Cl)cc3)cs2)cc1. The van der Waals surface area contributed by atoms with Crippen LogP contribution in [0.1, 0.15) is 10.6 Å². The Balaban J connectivity index is 1.75. The van der Waals surface area contributed by atoms with E-state index in [1.54, 1.807) is 23.1 Å². The van der Waals surface area contributed by atoms with Crippen molar-refractivity contribution in [3.63, 3.8) is 0 Å². The number of rotatable bonds is 4. The minimum Gasteiger partial charge on any atom is -0.237 e. The molecule has 0 aliphatic heterocycles. The van der Waals surface area contributed by atoms with Gasteiger partial charge in [-0.05, 0) is 42.2 Å². The highest BCUT2D eigenvalue weighted by atomic mass is 35.5. The smallest absolute Gasteiger partial charge is 0.116 e. The predicted molar refractivity (Wildman–Crippen MR) is 99.7 cm³/mol. The van der Waals surface area contributed by atoms with Gasteiger partial charge in [-0.25, -0.2) is 4.98 Å². The number of hydrogen-bond acceptors (Lipinski definition) is 3. The molecule has 2 aromatic carbocycles. The van der Waals surface area contributed by atoms with Crippen molar-refractivity contribution in [2.24, 2.45) is 0 Å². The van der Waals surface area contributed by atoms with E-state index in [0.717, 1.165) is 21.3 Å². The van der Waals surface area contributed by atoms with Gasteiger partial charge in [-0.3, -0.25) is 0 Å². The largest absolute Gasteiger partial charge is 0.237 e. The standard InChI is InChI=1S/C18H14ClNS2/c1-21-16-9-2-13(3-10-16)4-11-18-20-17(12-22-18)14-5-7-15(19)8-6-14/h2-12H,1H3. The predicted octanol–water partition coefficient (Wildman–Crippen LogP) is 6.36. The molecule has 0 N–H and O–H groups in total. The van der Waals surface area contributed by atoms with Crippen molar-refractivity contribution >= 4 is 46.9 Å². The van der Waals surface area contributed by atoms with Crippen molar-refractivity contribution in [2.45, 2.75) is 4.90 Å². The van der Waals surface area contributed by atoms with Gasteiger partial charge in [-0.2, -0.15) is 0 Å². The van der Waals surface area contributed by atoms with E-state index in [-0.39, 0.29) is 0 Å². The molecule has 22 heavy (non-hydrogen) atoms. The normalized spacial score (nSPS) is 11.2. The van der Waals surface area contributed by atoms with Gasteiger partial charge in [0.1, 0.15) is 5.01 Å². The molecule has 0 radical (unpaired) electrons. The Morgan fingerprint density at radius 3 is 2.41 bits per heavy atom. The summed E-state index contributed by atoms with van der Waals surface area (Å²) in [6.45, 7) is 0. The highest BCUT2D eigenvalue weighted by molar-refractivity contribution is 7.98. The Morgan fingerprint density at radius 2 is 1.73 bits per heavy atom. The average molecular weight is 344 g/mol. The second-order valence-electron chi connectivity index (χ2n) is 4.68. The lowest BCUT2D eigenvalue weighted by Gasteiger charge is -1.96. The van der Waals surface area contributed by atoms with Crippen LogP contribution in [0.15, 0.2) is 58.8 Å². The lowest BCUT2D eigenvalue weighted by molar-refractivity contribution is 1.38. The first-order valence-corrected chi connectivity index (χ1v) is 9.26. The van der Waals surface area contributed by atoms with Crippen LogP contribution in [0.25, 0.3) is 23.4 Å². The van der Waals surface area contributed by atoms with Crippen LogP contribution in [-0.4, -0.2) is 11.2 Å². The zero-order valence-corrected chi connectivity index (χ0v) is 14.4. The maximum Gasteiger partial charge on any atom is 0.116 e. The lowest BCUT2D eigenvalue weighted by Crippen LogP contribution is -1.78. The first-order chi connectivity index (χ1) is 10.7. The summed E-state index contributed by atoms with van der Waals surface area (Å²) in [6, 6.07) is 16.3. The van der Waals surface area contributed by atoms with Crippen LogP contribution in [0.4, 0.5) is 0 Å². The third kappa shape index (κ3) is 3.80. The number of nitrogens with zero attached hydrogens (tertiary/aromatic N) is 1. The zero-order valence-electron chi connectivity index (χ0n) is 12.0. The summed E-state index contributed by atoms with van der Waals surface area (Å²) in [7, 11) is 0. The molecular weight excluding hydrogens is 330 g/mol. The van der Waals surface area contributed by atoms with E-state index in [4.69, 9.17) is 11.6 Å². The molecule has 0 unspecified atom stereocenters. The Labute approximate surface area is 143 Å². The molecule has 0 saturated carbocycles. The van der Waals surface area contributed by atoms with Gasteiger partial charge in [0.05, 0.1) is 5.69 Å². The van der Waals surface area contributed by atoms with Gasteiger partial charge in [0.15, 0.2) is 0 Å². The molecule has 0 aliphatic carbocycles. The van der Waals surface area contributed by atoms with Gasteiger partial charge in [-0.1, -0.05) is 41.9 Å². The zero-order chi connectivity index (χ0) is 15.4. The second kappa shape index (κ2) is 7.14.